The van der Waals surface area contributed by atoms with Crippen LogP contribution in [-0.2, 0) is 4.79 Å². The molecule has 2 aliphatic carbocycles. The Balaban J connectivity index is 2.50. The highest BCUT2D eigenvalue weighted by Gasteiger charge is 2.70. The summed E-state index contributed by atoms with van der Waals surface area (Å²) in [6.07, 6.45) is 2.73. The summed E-state index contributed by atoms with van der Waals surface area (Å²) in [6.45, 7) is 6.39. The van der Waals surface area contributed by atoms with Crippen molar-refractivity contribution in [1.29, 1.82) is 0 Å². The Morgan fingerprint density at radius 2 is 2.00 bits per heavy atom. The molecule has 2 saturated carbocycles. The summed E-state index contributed by atoms with van der Waals surface area (Å²) in [4.78, 5) is 11.3. The van der Waals surface area contributed by atoms with Crippen molar-refractivity contribution in [1.82, 2.24) is 0 Å². The van der Waals surface area contributed by atoms with Crippen LogP contribution in [0.4, 0.5) is 0 Å². The number of aliphatic carboxylic acids is 1. The van der Waals surface area contributed by atoms with E-state index in [2.05, 4.69) is 13.8 Å². The fourth-order valence-corrected chi connectivity index (χ4v) is 3.69. The Morgan fingerprint density at radius 1 is 1.43 bits per heavy atom. The number of fused-ring (bicyclic) bond motifs is 2. The number of hydrogen-bond donors (Lipinski definition) is 2. The second-order valence-corrected chi connectivity index (χ2v) is 5.77. The van der Waals surface area contributed by atoms with E-state index in [-0.39, 0.29) is 10.8 Å². The van der Waals surface area contributed by atoms with Crippen molar-refractivity contribution < 1.29 is 9.90 Å². The van der Waals surface area contributed by atoms with Crippen LogP contribution in [0.2, 0.25) is 0 Å². The van der Waals surface area contributed by atoms with E-state index < -0.39 is 11.5 Å². The number of rotatable bonds is 1. The second kappa shape index (κ2) is 2.32. The minimum atomic E-state index is -1.00. The summed E-state index contributed by atoms with van der Waals surface area (Å²) < 4.78 is 0. The summed E-state index contributed by atoms with van der Waals surface area (Å²) in [5.74, 6) is -0.344. The Bertz CT molecular complexity index is 300. The van der Waals surface area contributed by atoms with E-state index in [1.165, 1.54) is 0 Å². The predicted molar refractivity (Wildman–Crippen MR) is 53.8 cm³/mol. The van der Waals surface area contributed by atoms with Crippen LogP contribution < -0.4 is 5.73 Å². The highest BCUT2D eigenvalue weighted by Crippen LogP contribution is 2.68. The minimum absolute atomic E-state index is 0.0696. The van der Waals surface area contributed by atoms with Crippen molar-refractivity contribution in [2.45, 2.75) is 45.6 Å². The zero-order valence-corrected chi connectivity index (χ0v) is 9.13. The fraction of sp³-hybridized carbons (Fsp3) is 0.909. The molecule has 0 amide bonds. The van der Waals surface area contributed by atoms with Gasteiger partial charge in [-0.3, -0.25) is 4.79 Å². The van der Waals surface area contributed by atoms with E-state index >= 15 is 0 Å². The topological polar surface area (TPSA) is 63.3 Å². The maximum absolute atomic E-state index is 11.3. The quantitative estimate of drug-likeness (QED) is 0.671. The maximum atomic E-state index is 11.3. The van der Waals surface area contributed by atoms with Gasteiger partial charge in [0.05, 0.1) is 0 Å². The Hall–Kier alpha value is -0.570. The molecule has 0 aliphatic heterocycles. The molecule has 0 radical (unpaired) electrons. The molecule has 2 rings (SSSR count). The third kappa shape index (κ3) is 0.761. The molecule has 14 heavy (non-hydrogen) atoms. The van der Waals surface area contributed by atoms with E-state index in [9.17, 15) is 9.90 Å². The smallest absolute Gasteiger partial charge is 0.324 e. The maximum Gasteiger partial charge on any atom is 0.324 e. The summed E-state index contributed by atoms with van der Waals surface area (Å²) in [7, 11) is 0. The fourth-order valence-electron chi connectivity index (χ4n) is 3.69. The van der Waals surface area contributed by atoms with Gasteiger partial charge in [0, 0.05) is 5.41 Å². The van der Waals surface area contributed by atoms with E-state index in [0.29, 0.717) is 12.3 Å². The summed E-state index contributed by atoms with van der Waals surface area (Å²) in [5, 5.41) is 9.27. The molecule has 3 atom stereocenters. The van der Waals surface area contributed by atoms with Gasteiger partial charge in [-0.15, -0.1) is 0 Å². The third-order valence-electron chi connectivity index (χ3n) is 5.37. The van der Waals surface area contributed by atoms with Crippen LogP contribution in [0, 0.1) is 16.7 Å². The first-order valence-electron chi connectivity index (χ1n) is 5.28. The van der Waals surface area contributed by atoms with Crippen molar-refractivity contribution in [2.24, 2.45) is 22.5 Å². The monoisotopic (exact) mass is 197 g/mol. The normalized spacial score (nSPS) is 49.6. The van der Waals surface area contributed by atoms with Gasteiger partial charge in [-0.05, 0) is 30.6 Å². The molecule has 2 aliphatic rings. The molecule has 0 heterocycles. The molecule has 0 spiro atoms. The molecule has 2 fully saturated rings. The number of carbonyl (C=O) groups is 1. The molecule has 0 aromatic heterocycles. The van der Waals surface area contributed by atoms with Gasteiger partial charge < -0.3 is 10.8 Å². The second-order valence-electron chi connectivity index (χ2n) is 5.77. The lowest BCUT2D eigenvalue weighted by Gasteiger charge is -2.43. The van der Waals surface area contributed by atoms with Gasteiger partial charge in [-0.1, -0.05) is 20.8 Å². The first kappa shape index (κ1) is 9.97. The molecule has 3 heteroatoms. The van der Waals surface area contributed by atoms with E-state index in [1.807, 2.05) is 6.92 Å². The Morgan fingerprint density at radius 3 is 2.21 bits per heavy atom. The zero-order valence-electron chi connectivity index (χ0n) is 9.13. The van der Waals surface area contributed by atoms with Crippen LogP contribution in [0.15, 0.2) is 0 Å². The van der Waals surface area contributed by atoms with Gasteiger partial charge in [-0.25, -0.2) is 0 Å². The number of carboxylic acids is 1. The van der Waals surface area contributed by atoms with Crippen molar-refractivity contribution >= 4 is 5.97 Å². The van der Waals surface area contributed by atoms with Crippen LogP contribution in [-0.4, -0.2) is 16.6 Å². The molecular weight excluding hydrogens is 178 g/mol. The standard InChI is InChI=1S/C11H19NO2/c1-9(2)7-4-5-10(9,3)11(12,6-7)8(13)14/h7H,4-6,12H2,1-3H3,(H,13,14)/t7-,10-,11+/m0/s1. The molecule has 3 nitrogen and oxygen atoms in total. The number of nitrogens with two attached hydrogens (primary N) is 1. The van der Waals surface area contributed by atoms with Crippen LogP contribution in [0.3, 0.4) is 0 Å². The average Bonchev–Trinajstić information content (AvgIpc) is 2.36. The molecule has 0 unspecified atom stereocenters. The lowest BCUT2D eigenvalue weighted by Crippen LogP contribution is -2.59. The Kier molecular flexibility index (Phi) is 1.65. The van der Waals surface area contributed by atoms with Crippen molar-refractivity contribution in [3.63, 3.8) is 0 Å². The lowest BCUT2D eigenvalue weighted by atomic mass is 9.63. The van der Waals surface area contributed by atoms with Crippen LogP contribution in [0.25, 0.3) is 0 Å². The third-order valence-corrected chi connectivity index (χ3v) is 5.37. The van der Waals surface area contributed by atoms with Gasteiger partial charge in [0.25, 0.3) is 0 Å². The zero-order chi connectivity index (χ0) is 10.8. The Labute approximate surface area is 84.7 Å². The molecule has 0 aromatic rings. The van der Waals surface area contributed by atoms with Gasteiger partial charge >= 0.3 is 5.97 Å². The molecule has 80 valence electrons. The largest absolute Gasteiger partial charge is 0.480 e. The highest BCUT2D eigenvalue weighted by atomic mass is 16.4. The van der Waals surface area contributed by atoms with E-state index in [4.69, 9.17) is 5.73 Å². The average molecular weight is 197 g/mol. The van der Waals surface area contributed by atoms with Gasteiger partial charge in [0.15, 0.2) is 0 Å². The van der Waals surface area contributed by atoms with Gasteiger partial charge in [0.2, 0.25) is 0 Å². The van der Waals surface area contributed by atoms with Crippen LogP contribution >= 0.6 is 0 Å². The van der Waals surface area contributed by atoms with E-state index in [1.54, 1.807) is 0 Å². The minimum Gasteiger partial charge on any atom is -0.480 e. The predicted octanol–water partition coefficient (Wildman–Crippen LogP) is 1.61. The number of carboxylic acid groups (broad SMARTS) is 1. The van der Waals surface area contributed by atoms with E-state index in [0.717, 1.165) is 12.8 Å². The lowest BCUT2D eigenvalue weighted by molar-refractivity contribution is -0.149. The first-order valence-corrected chi connectivity index (χ1v) is 5.28. The summed E-state index contributed by atoms with van der Waals surface area (Å²) in [5.41, 5.74) is 4.93. The van der Waals surface area contributed by atoms with Crippen molar-refractivity contribution in [2.75, 3.05) is 0 Å². The van der Waals surface area contributed by atoms with Crippen LogP contribution in [0.5, 0.6) is 0 Å². The van der Waals surface area contributed by atoms with Crippen molar-refractivity contribution in [3.05, 3.63) is 0 Å². The van der Waals surface area contributed by atoms with Crippen molar-refractivity contribution in [3.8, 4) is 0 Å². The van der Waals surface area contributed by atoms with Crippen LogP contribution in [0.1, 0.15) is 40.0 Å². The number of hydrogen-bond acceptors (Lipinski definition) is 2. The molecular formula is C11H19NO2. The van der Waals surface area contributed by atoms with Gasteiger partial charge in [0.1, 0.15) is 5.54 Å². The summed E-state index contributed by atoms with van der Waals surface area (Å²) in [6, 6.07) is 0. The molecule has 0 aromatic carbocycles. The SMILES string of the molecule is CC1(C)[C@H]2CC[C@]1(C)[C@](N)(C(=O)O)C2. The highest BCUT2D eigenvalue weighted by molar-refractivity contribution is 5.81. The summed E-state index contributed by atoms with van der Waals surface area (Å²) >= 11 is 0. The molecule has 2 bridgehead atoms. The van der Waals surface area contributed by atoms with Gasteiger partial charge in [-0.2, -0.15) is 0 Å². The first-order chi connectivity index (χ1) is 6.26. The molecule has 0 saturated heterocycles. The molecule has 3 N–H and O–H groups in total.